The standard InChI is InChI=1S/C14H19N3O/c1-15-7-6-14-9-17(11-16-14)8-12-2-4-13(10-18)5-3-12/h2-5,9,11,15,18H,6-8,10H2,1H3. The number of hydrogen-bond donors (Lipinski definition) is 2. The first kappa shape index (κ1) is 12.8. The molecule has 0 fully saturated rings. The van der Waals surface area contributed by atoms with Crippen LogP contribution < -0.4 is 5.32 Å². The molecule has 0 aliphatic heterocycles. The molecular formula is C14H19N3O. The molecule has 1 heterocycles. The lowest BCUT2D eigenvalue weighted by Gasteiger charge is -2.03. The number of aliphatic hydroxyl groups is 1. The van der Waals surface area contributed by atoms with Crippen molar-refractivity contribution in [3.63, 3.8) is 0 Å². The molecule has 0 aliphatic rings. The SMILES string of the molecule is CNCCc1cn(Cc2ccc(CO)cc2)cn1. The van der Waals surface area contributed by atoms with Crippen molar-refractivity contribution >= 4 is 0 Å². The molecule has 0 radical (unpaired) electrons. The minimum atomic E-state index is 0.0967. The van der Waals surface area contributed by atoms with E-state index >= 15 is 0 Å². The van der Waals surface area contributed by atoms with Crippen molar-refractivity contribution in [3.8, 4) is 0 Å². The molecule has 0 unspecified atom stereocenters. The topological polar surface area (TPSA) is 50.1 Å². The summed E-state index contributed by atoms with van der Waals surface area (Å²) in [5.74, 6) is 0. The van der Waals surface area contributed by atoms with Crippen molar-refractivity contribution in [2.24, 2.45) is 0 Å². The predicted octanol–water partition coefficient (Wildman–Crippen LogP) is 1.19. The van der Waals surface area contributed by atoms with Crippen molar-refractivity contribution in [2.75, 3.05) is 13.6 Å². The van der Waals surface area contributed by atoms with Gasteiger partial charge in [0.05, 0.1) is 18.6 Å². The quantitative estimate of drug-likeness (QED) is 0.803. The van der Waals surface area contributed by atoms with E-state index in [-0.39, 0.29) is 6.61 Å². The Morgan fingerprint density at radius 3 is 2.61 bits per heavy atom. The molecule has 1 aromatic heterocycles. The molecule has 2 aromatic rings. The molecule has 0 saturated carbocycles. The summed E-state index contributed by atoms with van der Waals surface area (Å²) >= 11 is 0. The van der Waals surface area contributed by atoms with Gasteiger partial charge in [-0.05, 0) is 18.2 Å². The number of nitrogens with zero attached hydrogens (tertiary/aromatic N) is 2. The molecule has 1 aromatic carbocycles. The molecule has 4 nitrogen and oxygen atoms in total. The summed E-state index contributed by atoms with van der Waals surface area (Å²) in [6.07, 6.45) is 4.90. The first-order valence-electron chi connectivity index (χ1n) is 6.15. The number of aromatic nitrogens is 2. The van der Waals surface area contributed by atoms with Gasteiger partial charge in [0.15, 0.2) is 0 Å². The van der Waals surface area contributed by atoms with Crippen LogP contribution in [0.25, 0.3) is 0 Å². The second-order valence-electron chi connectivity index (χ2n) is 4.37. The van der Waals surface area contributed by atoms with Crippen molar-refractivity contribution in [1.29, 1.82) is 0 Å². The van der Waals surface area contributed by atoms with Gasteiger partial charge in [0.2, 0.25) is 0 Å². The molecule has 2 rings (SSSR count). The van der Waals surface area contributed by atoms with Gasteiger partial charge in [0, 0.05) is 25.7 Å². The Morgan fingerprint density at radius 1 is 1.22 bits per heavy atom. The molecule has 0 aliphatic carbocycles. The molecule has 0 amide bonds. The third kappa shape index (κ3) is 3.42. The minimum absolute atomic E-state index is 0.0967. The van der Waals surface area contributed by atoms with Crippen LogP contribution in [0.5, 0.6) is 0 Å². The Labute approximate surface area is 107 Å². The third-order valence-electron chi connectivity index (χ3n) is 2.89. The fourth-order valence-corrected chi connectivity index (χ4v) is 1.84. The second kappa shape index (κ2) is 6.33. The van der Waals surface area contributed by atoms with Crippen LogP contribution >= 0.6 is 0 Å². The highest BCUT2D eigenvalue weighted by Crippen LogP contribution is 2.07. The van der Waals surface area contributed by atoms with Crippen molar-refractivity contribution in [2.45, 2.75) is 19.6 Å². The number of likely N-dealkylation sites (N-methyl/N-ethyl adjacent to an activating group) is 1. The zero-order valence-corrected chi connectivity index (χ0v) is 10.6. The molecular weight excluding hydrogens is 226 g/mol. The second-order valence-corrected chi connectivity index (χ2v) is 4.37. The lowest BCUT2D eigenvalue weighted by molar-refractivity contribution is 0.282. The van der Waals surface area contributed by atoms with Gasteiger partial charge in [-0.3, -0.25) is 0 Å². The summed E-state index contributed by atoms with van der Waals surface area (Å²) < 4.78 is 2.08. The van der Waals surface area contributed by atoms with E-state index in [2.05, 4.69) is 21.1 Å². The van der Waals surface area contributed by atoms with E-state index in [9.17, 15) is 0 Å². The molecule has 96 valence electrons. The number of rotatable bonds is 6. The molecule has 0 bridgehead atoms. The van der Waals surface area contributed by atoms with E-state index in [1.807, 2.05) is 37.6 Å². The Kier molecular flexibility index (Phi) is 4.50. The average Bonchev–Trinajstić information content (AvgIpc) is 2.85. The number of hydrogen-bond acceptors (Lipinski definition) is 3. The van der Waals surface area contributed by atoms with Crippen molar-refractivity contribution in [3.05, 3.63) is 53.6 Å². The summed E-state index contributed by atoms with van der Waals surface area (Å²) in [5.41, 5.74) is 3.26. The first-order valence-corrected chi connectivity index (χ1v) is 6.15. The zero-order valence-electron chi connectivity index (χ0n) is 10.6. The molecule has 0 spiro atoms. The van der Waals surface area contributed by atoms with E-state index in [0.29, 0.717) is 0 Å². The van der Waals surface area contributed by atoms with Crippen LogP contribution in [0.1, 0.15) is 16.8 Å². The molecule has 2 N–H and O–H groups in total. The van der Waals surface area contributed by atoms with E-state index in [0.717, 1.165) is 30.8 Å². The van der Waals surface area contributed by atoms with Gasteiger partial charge >= 0.3 is 0 Å². The third-order valence-corrected chi connectivity index (χ3v) is 2.89. The Balaban J connectivity index is 1.97. The van der Waals surface area contributed by atoms with E-state index in [1.54, 1.807) is 0 Å². The predicted molar refractivity (Wildman–Crippen MR) is 71.3 cm³/mol. The van der Waals surface area contributed by atoms with E-state index in [4.69, 9.17) is 5.11 Å². The maximum atomic E-state index is 8.98. The van der Waals surface area contributed by atoms with Crippen molar-refractivity contribution < 1.29 is 5.11 Å². The zero-order chi connectivity index (χ0) is 12.8. The van der Waals surface area contributed by atoms with E-state index < -0.39 is 0 Å². The monoisotopic (exact) mass is 245 g/mol. The van der Waals surface area contributed by atoms with Crippen LogP contribution in [0.4, 0.5) is 0 Å². The highest BCUT2D eigenvalue weighted by atomic mass is 16.3. The van der Waals surface area contributed by atoms with Crippen LogP contribution in [0.15, 0.2) is 36.8 Å². The fourth-order valence-electron chi connectivity index (χ4n) is 1.84. The van der Waals surface area contributed by atoms with Crippen LogP contribution in [-0.4, -0.2) is 28.3 Å². The highest BCUT2D eigenvalue weighted by molar-refractivity contribution is 5.22. The average molecular weight is 245 g/mol. The summed E-state index contributed by atoms with van der Waals surface area (Å²) in [7, 11) is 1.94. The van der Waals surface area contributed by atoms with Crippen LogP contribution in [-0.2, 0) is 19.6 Å². The summed E-state index contributed by atoms with van der Waals surface area (Å²) in [6, 6.07) is 7.99. The Bertz CT molecular complexity index is 476. The molecule has 0 atom stereocenters. The summed E-state index contributed by atoms with van der Waals surface area (Å²) in [6.45, 7) is 1.86. The Morgan fingerprint density at radius 2 is 1.94 bits per heavy atom. The fraction of sp³-hybridized carbons (Fsp3) is 0.357. The van der Waals surface area contributed by atoms with Gasteiger partial charge < -0.3 is 15.0 Å². The summed E-state index contributed by atoms with van der Waals surface area (Å²) in [4.78, 5) is 4.37. The van der Waals surface area contributed by atoms with Gasteiger partial charge in [-0.2, -0.15) is 0 Å². The molecule has 18 heavy (non-hydrogen) atoms. The van der Waals surface area contributed by atoms with Gasteiger partial charge in [0.25, 0.3) is 0 Å². The largest absolute Gasteiger partial charge is 0.392 e. The Hall–Kier alpha value is -1.65. The number of benzene rings is 1. The van der Waals surface area contributed by atoms with Crippen LogP contribution in [0.2, 0.25) is 0 Å². The highest BCUT2D eigenvalue weighted by Gasteiger charge is 2.00. The van der Waals surface area contributed by atoms with E-state index in [1.165, 1.54) is 5.56 Å². The first-order chi connectivity index (χ1) is 8.81. The smallest absolute Gasteiger partial charge is 0.0952 e. The van der Waals surface area contributed by atoms with Crippen LogP contribution in [0, 0.1) is 0 Å². The maximum absolute atomic E-state index is 8.98. The van der Waals surface area contributed by atoms with Crippen LogP contribution in [0.3, 0.4) is 0 Å². The maximum Gasteiger partial charge on any atom is 0.0952 e. The molecule has 4 heteroatoms. The normalized spacial score (nSPS) is 10.8. The van der Waals surface area contributed by atoms with Gasteiger partial charge in [0.1, 0.15) is 0 Å². The van der Waals surface area contributed by atoms with Gasteiger partial charge in [-0.1, -0.05) is 24.3 Å². The lowest BCUT2D eigenvalue weighted by Crippen LogP contribution is -2.10. The minimum Gasteiger partial charge on any atom is -0.392 e. The lowest BCUT2D eigenvalue weighted by atomic mass is 10.1. The molecule has 0 saturated heterocycles. The number of nitrogens with one attached hydrogen (secondary N) is 1. The number of aliphatic hydroxyl groups excluding tert-OH is 1. The number of imidazole rings is 1. The van der Waals surface area contributed by atoms with Gasteiger partial charge in [-0.25, -0.2) is 4.98 Å². The van der Waals surface area contributed by atoms with Gasteiger partial charge in [-0.15, -0.1) is 0 Å². The van der Waals surface area contributed by atoms with Crippen molar-refractivity contribution in [1.82, 2.24) is 14.9 Å². The summed E-state index contributed by atoms with van der Waals surface area (Å²) in [5, 5.41) is 12.1.